The van der Waals surface area contributed by atoms with Crippen LogP contribution < -0.4 is 10.5 Å². The Bertz CT molecular complexity index is 397. The summed E-state index contributed by atoms with van der Waals surface area (Å²) in [7, 11) is 2.07. The number of hydrogen-bond donors (Lipinski definition) is 1. The van der Waals surface area contributed by atoms with E-state index in [-0.39, 0.29) is 5.56 Å². The van der Waals surface area contributed by atoms with Gasteiger partial charge in [0.1, 0.15) is 5.69 Å². The Labute approximate surface area is 92.6 Å². The molecule has 5 nitrogen and oxygen atoms in total. The van der Waals surface area contributed by atoms with E-state index in [1.807, 2.05) is 4.90 Å². The molecule has 1 N–H and O–H groups in total. The quantitative estimate of drug-likeness (QED) is 0.745. The van der Waals surface area contributed by atoms with Crippen molar-refractivity contribution in [2.75, 3.05) is 38.1 Å². The van der Waals surface area contributed by atoms with Gasteiger partial charge in [0.15, 0.2) is 0 Å². The molecule has 0 amide bonds. The third kappa shape index (κ3) is 2.13. The van der Waals surface area contributed by atoms with Crippen molar-refractivity contribution in [2.24, 2.45) is 0 Å². The van der Waals surface area contributed by atoms with E-state index < -0.39 is 0 Å². The zero-order chi connectivity index (χ0) is 10.8. The number of nitrogens with one attached hydrogen (secondary N) is 1. The maximum atomic E-state index is 11.6. The van der Waals surface area contributed by atoms with Crippen molar-refractivity contribution in [1.29, 1.82) is 0 Å². The number of piperazine rings is 1. The minimum atomic E-state index is -0.216. The van der Waals surface area contributed by atoms with Gasteiger partial charge in [-0.3, -0.25) is 4.79 Å². The third-order valence-electron chi connectivity index (χ3n) is 2.60. The van der Waals surface area contributed by atoms with Crippen LogP contribution in [0.3, 0.4) is 0 Å². The van der Waals surface area contributed by atoms with E-state index >= 15 is 0 Å². The maximum absolute atomic E-state index is 11.6. The van der Waals surface area contributed by atoms with Crippen molar-refractivity contribution in [3.05, 3.63) is 21.6 Å². The average Bonchev–Trinajstić information content (AvgIpc) is 2.20. The second-order valence-electron chi connectivity index (χ2n) is 3.69. The monoisotopic (exact) mass is 228 g/mol. The lowest BCUT2D eigenvalue weighted by atomic mass is 10.3. The fraction of sp³-hybridized carbons (Fsp3) is 0.556. The second-order valence-corrected chi connectivity index (χ2v) is 4.09. The summed E-state index contributed by atoms with van der Waals surface area (Å²) in [6.45, 7) is 3.53. The fourth-order valence-electron chi connectivity index (χ4n) is 1.69. The number of halogens is 1. The summed E-state index contributed by atoms with van der Waals surface area (Å²) in [5.41, 5.74) is 0.326. The summed E-state index contributed by atoms with van der Waals surface area (Å²) in [6, 6.07) is 0. The van der Waals surface area contributed by atoms with E-state index in [1.165, 1.54) is 6.20 Å². The van der Waals surface area contributed by atoms with Gasteiger partial charge in [0.2, 0.25) is 0 Å². The molecule has 0 radical (unpaired) electrons. The normalized spacial score (nSPS) is 18.1. The summed E-state index contributed by atoms with van der Waals surface area (Å²) in [6.07, 6.45) is 1.47. The highest BCUT2D eigenvalue weighted by molar-refractivity contribution is 6.33. The van der Waals surface area contributed by atoms with Gasteiger partial charge in [0, 0.05) is 26.2 Å². The van der Waals surface area contributed by atoms with Crippen molar-refractivity contribution in [3.63, 3.8) is 0 Å². The number of aromatic nitrogens is 2. The van der Waals surface area contributed by atoms with Gasteiger partial charge in [-0.25, -0.2) is 5.10 Å². The highest BCUT2D eigenvalue weighted by Crippen LogP contribution is 2.20. The van der Waals surface area contributed by atoms with E-state index in [9.17, 15) is 4.79 Å². The van der Waals surface area contributed by atoms with Gasteiger partial charge in [0.25, 0.3) is 5.56 Å². The Morgan fingerprint density at radius 3 is 2.67 bits per heavy atom. The lowest BCUT2D eigenvalue weighted by Gasteiger charge is -2.33. The molecular weight excluding hydrogens is 216 g/mol. The average molecular weight is 229 g/mol. The van der Waals surface area contributed by atoms with Crippen LogP contribution in [0, 0.1) is 0 Å². The molecule has 0 aromatic carbocycles. The molecule has 1 aromatic heterocycles. The fourth-order valence-corrected chi connectivity index (χ4v) is 1.95. The van der Waals surface area contributed by atoms with Gasteiger partial charge in [-0.05, 0) is 7.05 Å². The molecule has 0 unspecified atom stereocenters. The molecule has 1 fully saturated rings. The van der Waals surface area contributed by atoms with Gasteiger partial charge in [-0.2, -0.15) is 5.10 Å². The van der Waals surface area contributed by atoms with Crippen LogP contribution in [0.25, 0.3) is 0 Å². The largest absolute Gasteiger partial charge is 0.363 e. The number of anilines is 1. The minimum absolute atomic E-state index is 0.216. The van der Waals surface area contributed by atoms with E-state index in [1.54, 1.807) is 0 Å². The number of H-pyrrole nitrogens is 1. The lowest BCUT2D eigenvalue weighted by molar-refractivity contribution is 0.312. The molecule has 1 saturated heterocycles. The van der Waals surface area contributed by atoms with E-state index in [4.69, 9.17) is 11.6 Å². The first kappa shape index (κ1) is 10.4. The Balaban J connectivity index is 2.26. The summed E-state index contributed by atoms with van der Waals surface area (Å²) in [4.78, 5) is 15.8. The molecule has 6 heteroatoms. The van der Waals surface area contributed by atoms with Crippen molar-refractivity contribution < 1.29 is 0 Å². The highest BCUT2D eigenvalue weighted by atomic mass is 35.5. The first-order valence-corrected chi connectivity index (χ1v) is 5.23. The Kier molecular flexibility index (Phi) is 2.93. The predicted octanol–water partition coefficient (Wildman–Crippen LogP) is 0.175. The number of hydrogen-bond acceptors (Lipinski definition) is 4. The van der Waals surface area contributed by atoms with Crippen LogP contribution >= 0.6 is 11.6 Å². The molecule has 82 valence electrons. The van der Waals surface area contributed by atoms with Gasteiger partial charge in [-0.1, -0.05) is 11.6 Å². The number of nitrogens with zero attached hydrogens (tertiary/aromatic N) is 3. The number of likely N-dealkylation sites (N-methyl/N-ethyl adjacent to an activating group) is 1. The zero-order valence-corrected chi connectivity index (χ0v) is 9.29. The Morgan fingerprint density at radius 1 is 1.40 bits per heavy atom. The molecule has 0 bridgehead atoms. The van der Waals surface area contributed by atoms with E-state index in [2.05, 4.69) is 22.1 Å². The van der Waals surface area contributed by atoms with Crippen molar-refractivity contribution in [3.8, 4) is 0 Å². The highest BCUT2D eigenvalue weighted by Gasteiger charge is 2.19. The minimum Gasteiger partial charge on any atom is -0.363 e. The van der Waals surface area contributed by atoms with Crippen LogP contribution in [0.2, 0.25) is 5.02 Å². The first-order chi connectivity index (χ1) is 7.18. The van der Waals surface area contributed by atoms with Gasteiger partial charge in [0.05, 0.1) is 11.2 Å². The maximum Gasteiger partial charge on any atom is 0.289 e. The second kappa shape index (κ2) is 4.20. The molecule has 1 aliphatic rings. The lowest BCUT2D eigenvalue weighted by Crippen LogP contribution is -2.46. The van der Waals surface area contributed by atoms with E-state index in [0.717, 1.165) is 26.2 Å². The molecule has 2 rings (SSSR count). The Hall–Kier alpha value is -1.07. The molecular formula is C9H13ClN4O. The number of aromatic amines is 1. The first-order valence-electron chi connectivity index (χ1n) is 4.85. The molecule has 1 aliphatic heterocycles. The van der Waals surface area contributed by atoms with Crippen LogP contribution in [-0.4, -0.2) is 48.3 Å². The summed E-state index contributed by atoms with van der Waals surface area (Å²) in [5, 5.41) is 6.47. The standard InChI is InChI=1S/C9H13ClN4O/c1-13-2-4-14(5-3-13)8-7(10)6-11-12-9(8)15/h6H,2-5H2,1H3,(H,12,15). The molecule has 0 saturated carbocycles. The predicted molar refractivity (Wildman–Crippen MR) is 59.6 cm³/mol. The molecule has 2 heterocycles. The van der Waals surface area contributed by atoms with Gasteiger partial charge in [-0.15, -0.1) is 0 Å². The summed E-state index contributed by atoms with van der Waals surface area (Å²) >= 11 is 5.96. The molecule has 0 aliphatic carbocycles. The summed E-state index contributed by atoms with van der Waals surface area (Å²) < 4.78 is 0. The smallest absolute Gasteiger partial charge is 0.289 e. The van der Waals surface area contributed by atoms with Crippen molar-refractivity contribution in [1.82, 2.24) is 15.1 Å². The van der Waals surface area contributed by atoms with Crippen molar-refractivity contribution in [2.45, 2.75) is 0 Å². The Morgan fingerprint density at radius 2 is 2.07 bits per heavy atom. The zero-order valence-electron chi connectivity index (χ0n) is 8.53. The van der Waals surface area contributed by atoms with Crippen molar-refractivity contribution >= 4 is 17.3 Å². The molecule has 0 spiro atoms. The van der Waals surface area contributed by atoms with E-state index in [0.29, 0.717) is 10.7 Å². The van der Waals surface area contributed by atoms with Crippen LogP contribution in [0.15, 0.2) is 11.0 Å². The molecule has 1 aromatic rings. The SMILES string of the molecule is CN1CCN(c2c(Cl)cn[nH]c2=O)CC1. The summed E-state index contributed by atoms with van der Waals surface area (Å²) in [5.74, 6) is 0. The third-order valence-corrected chi connectivity index (χ3v) is 2.88. The van der Waals surface area contributed by atoms with Gasteiger partial charge < -0.3 is 9.80 Å². The topological polar surface area (TPSA) is 52.2 Å². The molecule has 0 atom stereocenters. The van der Waals surface area contributed by atoms with Crippen LogP contribution in [0.1, 0.15) is 0 Å². The van der Waals surface area contributed by atoms with Crippen LogP contribution in [0.5, 0.6) is 0 Å². The van der Waals surface area contributed by atoms with Crippen LogP contribution in [-0.2, 0) is 0 Å². The number of rotatable bonds is 1. The molecule has 15 heavy (non-hydrogen) atoms. The van der Waals surface area contributed by atoms with Gasteiger partial charge >= 0.3 is 0 Å². The van der Waals surface area contributed by atoms with Crippen LogP contribution in [0.4, 0.5) is 5.69 Å².